The van der Waals surface area contributed by atoms with E-state index in [0.717, 1.165) is 17.1 Å². The fraction of sp³-hybridized carbons (Fsp3) is 0.273. The molecule has 0 spiro atoms. The van der Waals surface area contributed by atoms with Gasteiger partial charge in [-0.05, 0) is 25.0 Å². The highest BCUT2D eigenvalue weighted by Gasteiger charge is 2.26. The van der Waals surface area contributed by atoms with E-state index in [9.17, 15) is 9.59 Å². The van der Waals surface area contributed by atoms with Crippen molar-refractivity contribution in [2.75, 3.05) is 18.8 Å². The standard InChI is InChI=1S/C22H23N5O2S/c23-20(29)16-11-13-26(14-12-16)19(28)15-30-22-25-24-21(17-7-3-1-4-8-17)27(22)18-9-5-2-6-10-18/h1-10,16H,11-15H2,(H2,23,29). The lowest BCUT2D eigenvalue weighted by molar-refractivity contribution is -0.132. The predicted octanol–water partition coefficient (Wildman–Crippen LogP) is 2.75. The highest BCUT2D eigenvalue weighted by Crippen LogP contribution is 2.28. The molecule has 2 heterocycles. The number of hydrogen-bond acceptors (Lipinski definition) is 5. The van der Waals surface area contributed by atoms with Crippen LogP contribution in [0.15, 0.2) is 65.8 Å². The second-order valence-corrected chi connectivity index (χ2v) is 8.13. The quantitative estimate of drug-likeness (QED) is 0.618. The van der Waals surface area contributed by atoms with E-state index < -0.39 is 0 Å². The van der Waals surface area contributed by atoms with Crippen LogP contribution in [-0.4, -0.2) is 50.3 Å². The van der Waals surface area contributed by atoms with Gasteiger partial charge in [-0.15, -0.1) is 10.2 Å². The first-order valence-corrected chi connectivity index (χ1v) is 10.9. The van der Waals surface area contributed by atoms with Crippen LogP contribution < -0.4 is 5.73 Å². The Morgan fingerprint density at radius 1 is 0.967 bits per heavy atom. The van der Waals surface area contributed by atoms with Crippen molar-refractivity contribution in [3.8, 4) is 17.1 Å². The Hall–Kier alpha value is -3.13. The molecule has 2 N–H and O–H groups in total. The first kappa shape index (κ1) is 20.2. The predicted molar refractivity (Wildman–Crippen MR) is 116 cm³/mol. The van der Waals surface area contributed by atoms with Crippen LogP contribution in [0.3, 0.4) is 0 Å². The van der Waals surface area contributed by atoms with Crippen molar-refractivity contribution in [1.29, 1.82) is 0 Å². The molecule has 0 aliphatic carbocycles. The van der Waals surface area contributed by atoms with Gasteiger partial charge < -0.3 is 10.6 Å². The van der Waals surface area contributed by atoms with E-state index in [0.29, 0.717) is 31.1 Å². The highest BCUT2D eigenvalue weighted by molar-refractivity contribution is 7.99. The second-order valence-electron chi connectivity index (χ2n) is 7.19. The number of nitrogens with zero attached hydrogens (tertiary/aromatic N) is 4. The fourth-order valence-corrected chi connectivity index (χ4v) is 4.43. The molecule has 1 saturated heterocycles. The van der Waals surface area contributed by atoms with E-state index in [2.05, 4.69) is 10.2 Å². The van der Waals surface area contributed by atoms with Gasteiger partial charge in [-0.1, -0.05) is 60.3 Å². The molecule has 4 rings (SSSR count). The monoisotopic (exact) mass is 421 g/mol. The number of amides is 2. The van der Waals surface area contributed by atoms with Gasteiger partial charge >= 0.3 is 0 Å². The summed E-state index contributed by atoms with van der Waals surface area (Å²) in [6.07, 6.45) is 1.26. The van der Waals surface area contributed by atoms with Crippen LogP contribution in [0.4, 0.5) is 0 Å². The lowest BCUT2D eigenvalue weighted by Gasteiger charge is -2.30. The maximum atomic E-state index is 12.7. The molecule has 2 aromatic carbocycles. The topological polar surface area (TPSA) is 94.1 Å². The van der Waals surface area contributed by atoms with Gasteiger partial charge in [0.25, 0.3) is 0 Å². The van der Waals surface area contributed by atoms with Crippen molar-refractivity contribution in [2.45, 2.75) is 18.0 Å². The van der Waals surface area contributed by atoms with Crippen LogP contribution in [0.25, 0.3) is 17.1 Å². The molecule has 30 heavy (non-hydrogen) atoms. The minimum atomic E-state index is -0.277. The third-order valence-corrected chi connectivity index (χ3v) is 6.17. The molecule has 7 nitrogen and oxygen atoms in total. The summed E-state index contributed by atoms with van der Waals surface area (Å²) in [5, 5.41) is 9.43. The molecule has 0 radical (unpaired) electrons. The van der Waals surface area contributed by atoms with Gasteiger partial charge in [-0.25, -0.2) is 0 Å². The number of likely N-dealkylation sites (tertiary alicyclic amines) is 1. The van der Waals surface area contributed by atoms with E-state index in [-0.39, 0.29) is 23.5 Å². The number of hydrogen-bond donors (Lipinski definition) is 1. The van der Waals surface area contributed by atoms with Gasteiger partial charge in [-0.3, -0.25) is 14.2 Å². The number of primary amides is 1. The number of thioether (sulfide) groups is 1. The van der Waals surface area contributed by atoms with E-state index in [1.165, 1.54) is 11.8 Å². The molecule has 0 atom stereocenters. The average molecular weight is 422 g/mol. The smallest absolute Gasteiger partial charge is 0.233 e. The van der Waals surface area contributed by atoms with Gasteiger partial charge in [0.05, 0.1) is 5.75 Å². The summed E-state index contributed by atoms with van der Waals surface area (Å²) in [7, 11) is 0. The normalized spacial score (nSPS) is 14.6. The maximum Gasteiger partial charge on any atom is 0.233 e. The third-order valence-electron chi connectivity index (χ3n) is 5.25. The van der Waals surface area contributed by atoms with Gasteiger partial charge in [0, 0.05) is 30.3 Å². The van der Waals surface area contributed by atoms with Crippen molar-refractivity contribution in [3.05, 3.63) is 60.7 Å². The molecule has 154 valence electrons. The SMILES string of the molecule is NC(=O)C1CCN(C(=O)CSc2nnc(-c3ccccc3)n2-c2ccccc2)CC1. The van der Waals surface area contributed by atoms with Crippen molar-refractivity contribution >= 4 is 23.6 Å². The summed E-state index contributed by atoms with van der Waals surface area (Å²) in [5.74, 6) is 0.629. The minimum Gasteiger partial charge on any atom is -0.369 e. The first-order chi connectivity index (χ1) is 14.6. The van der Waals surface area contributed by atoms with Crippen LogP contribution in [0, 0.1) is 5.92 Å². The van der Waals surface area contributed by atoms with Crippen molar-refractivity contribution < 1.29 is 9.59 Å². The zero-order valence-corrected chi connectivity index (χ0v) is 17.3. The Morgan fingerprint density at radius 3 is 2.23 bits per heavy atom. The summed E-state index contributed by atoms with van der Waals surface area (Å²) in [6, 6.07) is 19.8. The highest BCUT2D eigenvalue weighted by atomic mass is 32.2. The maximum absolute atomic E-state index is 12.7. The summed E-state index contributed by atoms with van der Waals surface area (Å²) in [5.41, 5.74) is 7.28. The molecule has 1 aliphatic heterocycles. The molecule has 8 heteroatoms. The lowest BCUT2D eigenvalue weighted by atomic mass is 9.96. The van der Waals surface area contributed by atoms with Gasteiger partial charge in [0.2, 0.25) is 11.8 Å². The van der Waals surface area contributed by atoms with Crippen molar-refractivity contribution in [2.24, 2.45) is 11.7 Å². The van der Waals surface area contributed by atoms with E-state index >= 15 is 0 Å². The number of benzene rings is 2. The van der Waals surface area contributed by atoms with Crippen LogP contribution >= 0.6 is 11.8 Å². The first-order valence-electron chi connectivity index (χ1n) is 9.89. The molecule has 0 saturated carbocycles. The number of rotatable bonds is 6. The molecule has 3 aromatic rings. The van der Waals surface area contributed by atoms with Crippen LogP contribution in [0.2, 0.25) is 0 Å². The van der Waals surface area contributed by atoms with Gasteiger partial charge in [0.1, 0.15) is 0 Å². The third kappa shape index (κ3) is 4.38. The van der Waals surface area contributed by atoms with E-state index in [4.69, 9.17) is 5.73 Å². The van der Waals surface area contributed by atoms with Gasteiger partial charge in [0.15, 0.2) is 11.0 Å². The average Bonchev–Trinajstić information content (AvgIpc) is 3.22. The fourth-order valence-electron chi connectivity index (χ4n) is 3.58. The number of nitrogens with two attached hydrogens (primary N) is 1. The Bertz CT molecular complexity index is 1010. The van der Waals surface area contributed by atoms with E-state index in [1.807, 2.05) is 65.2 Å². The summed E-state index contributed by atoms with van der Waals surface area (Å²) >= 11 is 1.37. The molecular formula is C22H23N5O2S. The Kier molecular flexibility index (Phi) is 6.13. The Morgan fingerprint density at radius 2 is 1.60 bits per heavy atom. The van der Waals surface area contributed by atoms with Crippen LogP contribution in [-0.2, 0) is 9.59 Å². The molecular weight excluding hydrogens is 398 g/mol. The number of carbonyl (C=O) groups excluding carboxylic acids is 2. The lowest BCUT2D eigenvalue weighted by Crippen LogP contribution is -2.42. The second kappa shape index (κ2) is 9.13. The number of aromatic nitrogens is 3. The Balaban J connectivity index is 1.51. The van der Waals surface area contributed by atoms with Crippen molar-refractivity contribution in [3.63, 3.8) is 0 Å². The molecule has 0 unspecified atom stereocenters. The molecule has 1 fully saturated rings. The van der Waals surface area contributed by atoms with Crippen molar-refractivity contribution in [1.82, 2.24) is 19.7 Å². The summed E-state index contributed by atoms with van der Waals surface area (Å²) in [6.45, 7) is 1.13. The van der Waals surface area contributed by atoms with E-state index in [1.54, 1.807) is 4.90 Å². The Labute approximate surface area is 179 Å². The largest absolute Gasteiger partial charge is 0.369 e. The molecule has 2 amide bonds. The zero-order valence-electron chi connectivity index (χ0n) is 16.5. The summed E-state index contributed by atoms with van der Waals surface area (Å²) in [4.78, 5) is 25.8. The molecule has 1 aromatic heterocycles. The number of piperidine rings is 1. The number of para-hydroxylation sites is 1. The number of carbonyl (C=O) groups is 2. The minimum absolute atomic E-state index is 0.0341. The molecule has 0 bridgehead atoms. The van der Waals surface area contributed by atoms with Gasteiger partial charge in [-0.2, -0.15) is 0 Å². The van der Waals surface area contributed by atoms with Crippen LogP contribution in [0.5, 0.6) is 0 Å². The molecule has 1 aliphatic rings. The summed E-state index contributed by atoms with van der Waals surface area (Å²) < 4.78 is 1.98. The van der Waals surface area contributed by atoms with Crippen LogP contribution in [0.1, 0.15) is 12.8 Å². The zero-order chi connectivity index (χ0) is 20.9.